The highest BCUT2D eigenvalue weighted by molar-refractivity contribution is 7.07. The van der Waals surface area contributed by atoms with Crippen LogP contribution in [0.2, 0.25) is 0 Å². The van der Waals surface area contributed by atoms with Gasteiger partial charge in [-0.3, -0.25) is 9.36 Å². The Hall–Kier alpha value is -3.65. The molecule has 1 unspecified atom stereocenters. The summed E-state index contributed by atoms with van der Waals surface area (Å²) < 4.78 is 12.8. The monoisotopic (exact) mass is 464 g/mol. The summed E-state index contributed by atoms with van der Waals surface area (Å²) >= 11 is 1.25. The van der Waals surface area contributed by atoms with Crippen molar-refractivity contribution in [2.75, 3.05) is 13.2 Å². The Balaban J connectivity index is 1.91. The van der Waals surface area contributed by atoms with Crippen LogP contribution in [0.1, 0.15) is 37.9 Å². The standard InChI is InChI=1S/C25H24N2O5S/c1-4-31-19-13-16(11-12-18(19)28)14-20-23(29)27-22(17-9-7-6-8-10-17)21(24(30)32-5-2)15(3)26-25(27)33-20/h6-14,22,28H,4-5H2,1-3H3. The molecule has 8 heteroatoms. The van der Waals surface area contributed by atoms with Gasteiger partial charge in [-0.15, -0.1) is 0 Å². The Morgan fingerprint density at radius 1 is 1.18 bits per heavy atom. The summed E-state index contributed by atoms with van der Waals surface area (Å²) in [5, 5.41) is 9.97. The first-order valence-electron chi connectivity index (χ1n) is 10.6. The first-order chi connectivity index (χ1) is 15.9. The normalized spacial score (nSPS) is 15.7. The molecule has 0 aliphatic carbocycles. The van der Waals surface area contributed by atoms with Gasteiger partial charge in [0.05, 0.1) is 35.1 Å². The third-order valence-electron chi connectivity index (χ3n) is 5.21. The molecule has 0 bridgehead atoms. The zero-order valence-electron chi connectivity index (χ0n) is 18.6. The van der Waals surface area contributed by atoms with Crippen molar-refractivity contribution in [3.8, 4) is 11.5 Å². The van der Waals surface area contributed by atoms with E-state index < -0.39 is 12.0 Å². The summed E-state index contributed by atoms with van der Waals surface area (Å²) in [6.45, 7) is 5.97. The minimum absolute atomic E-state index is 0.0363. The molecule has 7 nitrogen and oxygen atoms in total. The van der Waals surface area contributed by atoms with Crippen LogP contribution in [-0.4, -0.2) is 28.9 Å². The molecular formula is C25H24N2O5S. The molecule has 1 atom stereocenters. The Morgan fingerprint density at radius 3 is 2.64 bits per heavy atom. The number of ether oxygens (including phenoxy) is 2. The predicted octanol–water partition coefficient (Wildman–Crippen LogP) is 2.90. The number of carbonyl (C=O) groups excluding carboxylic acids is 1. The van der Waals surface area contributed by atoms with Crippen molar-refractivity contribution in [2.45, 2.75) is 26.8 Å². The second-order valence-electron chi connectivity index (χ2n) is 7.37. The maximum Gasteiger partial charge on any atom is 0.338 e. The number of hydrogen-bond acceptors (Lipinski definition) is 7. The van der Waals surface area contributed by atoms with Gasteiger partial charge in [-0.05, 0) is 50.1 Å². The van der Waals surface area contributed by atoms with Crippen LogP contribution in [-0.2, 0) is 9.53 Å². The molecule has 0 spiro atoms. The van der Waals surface area contributed by atoms with Crippen molar-refractivity contribution in [1.29, 1.82) is 0 Å². The fourth-order valence-electron chi connectivity index (χ4n) is 3.79. The van der Waals surface area contributed by atoms with Crippen molar-refractivity contribution in [2.24, 2.45) is 4.99 Å². The van der Waals surface area contributed by atoms with Crippen molar-refractivity contribution in [3.63, 3.8) is 0 Å². The maximum absolute atomic E-state index is 13.5. The zero-order valence-corrected chi connectivity index (χ0v) is 19.4. The Kier molecular flexibility index (Phi) is 6.46. The van der Waals surface area contributed by atoms with E-state index in [-0.39, 0.29) is 17.9 Å². The molecule has 2 heterocycles. The summed E-state index contributed by atoms with van der Waals surface area (Å²) in [6.07, 6.45) is 1.73. The maximum atomic E-state index is 13.5. The molecule has 0 saturated carbocycles. The van der Waals surface area contributed by atoms with Gasteiger partial charge in [0, 0.05) is 0 Å². The van der Waals surface area contributed by atoms with Crippen LogP contribution in [0.25, 0.3) is 6.08 Å². The third kappa shape index (κ3) is 4.34. The minimum atomic E-state index is -0.637. The van der Waals surface area contributed by atoms with Crippen LogP contribution in [0.3, 0.4) is 0 Å². The minimum Gasteiger partial charge on any atom is -0.504 e. The molecule has 3 aromatic rings. The topological polar surface area (TPSA) is 90.1 Å². The smallest absolute Gasteiger partial charge is 0.338 e. The molecule has 2 aromatic carbocycles. The SMILES string of the molecule is CCOC(=O)C1=C(C)N=c2sc(=Cc3ccc(O)c(OCC)c3)c(=O)n2C1c1ccccc1. The molecule has 1 N–H and O–H groups in total. The van der Waals surface area contributed by atoms with E-state index >= 15 is 0 Å². The fraction of sp³-hybridized carbons (Fsp3) is 0.240. The first kappa shape index (κ1) is 22.5. The Labute approximate surface area is 194 Å². The lowest BCUT2D eigenvalue weighted by Gasteiger charge is -2.24. The lowest BCUT2D eigenvalue weighted by atomic mass is 9.96. The lowest BCUT2D eigenvalue weighted by molar-refractivity contribution is -0.139. The number of fused-ring (bicyclic) bond motifs is 1. The van der Waals surface area contributed by atoms with E-state index in [4.69, 9.17) is 9.47 Å². The van der Waals surface area contributed by atoms with Gasteiger partial charge in [0.15, 0.2) is 16.3 Å². The summed E-state index contributed by atoms with van der Waals surface area (Å²) in [4.78, 5) is 31.5. The number of nitrogens with zero attached hydrogens (tertiary/aromatic N) is 2. The molecule has 170 valence electrons. The van der Waals surface area contributed by atoms with Gasteiger partial charge in [0.1, 0.15) is 0 Å². The van der Waals surface area contributed by atoms with Crippen LogP contribution in [0.4, 0.5) is 0 Å². The number of aromatic nitrogens is 1. The number of aromatic hydroxyl groups is 1. The first-order valence-corrected chi connectivity index (χ1v) is 11.5. The molecule has 1 aliphatic heterocycles. The molecular weight excluding hydrogens is 440 g/mol. The lowest BCUT2D eigenvalue weighted by Crippen LogP contribution is -2.39. The molecule has 33 heavy (non-hydrogen) atoms. The fourth-order valence-corrected chi connectivity index (χ4v) is 4.83. The Bertz CT molecular complexity index is 1400. The van der Waals surface area contributed by atoms with Gasteiger partial charge in [0.2, 0.25) is 0 Å². The van der Waals surface area contributed by atoms with E-state index in [1.54, 1.807) is 36.6 Å². The second-order valence-corrected chi connectivity index (χ2v) is 8.38. The summed E-state index contributed by atoms with van der Waals surface area (Å²) in [7, 11) is 0. The van der Waals surface area contributed by atoms with E-state index in [0.29, 0.717) is 38.5 Å². The quantitative estimate of drug-likeness (QED) is 0.567. The van der Waals surface area contributed by atoms with Crippen molar-refractivity contribution in [3.05, 3.63) is 90.6 Å². The Morgan fingerprint density at radius 2 is 1.94 bits per heavy atom. The number of hydrogen-bond donors (Lipinski definition) is 1. The molecule has 0 amide bonds. The van der Waals surface area contributed by atoms with Gasteiger partial charge in [-0.2, -0.15) is 0 Å². The number of rotatable bonds is 6. The van der Waals surface area contributed by atoms with Crippen LogP contribution in [0.5, 0.6) is 11.5 Å². The molecule has 1 aliphatic rings. The molecule has 0 radical (unpaired) electrons. The van der Waals surface area contributed by atoms with Crippen LogP contribution in [0.15, 0.2) is 69.6 Å². The number of carbonyl (C=O) groups is 1. The van der Waals surface area contributed by atoms with Crippen LogP contribution in [0, 0.1) is 0 Å². The number of allylic oxidation sites excluding steroid dienone is 1. The van der Waals surface area contributed by atoms with Crippen LogP contribution < -0.4 is 19.6 Å². The van der Waals surface area contributed by atoms with Gasteiger partial charge < -0.3 is 14.6 Å². The van der Waals surface area contributed by atoms with E-state index in [9.17, 15) is 14.7 Å². The van der Waals surface area contributed by atoms with E-state index in [1.807, 2.05) is 37.3 Å². The van der Waals surface area contributed by atoms with Gasteiger partial charge in [0.25, 0.3) is 5.56 Å². The van der Waals surface area contributed by atoms with Crippen molar-refractivity contribution < 1.29 is 19.4 Å². The number of phenols is 1. The summed E-state index contributed by atoms with van der Waals surface area (Å²) in [5.41, 5.74) is 2.13. The number of benzene rings is 2. The van der Waals surface area contributed by atoms with Gasteiger partial charge in [-0.25, -0.2) is 9.79 Å². The van der Waals surface area contributed by atoms with Crippen molar-refractivity contribution in [1.82, 2.24) is 4.57 Å². The highest BCUT2D eigenvalue weighted by Gasteiger charge is 2.33. The average Bonchev–Trinajstić information content (AvgIpc) is 3.10. The summed E-state index contributed by atoms with van der Waals surface area (Å²) in [5.74, 6) is -0.0994. The van der Waals surface area contributed by atoms with E-state index in [2.05, 4.69) is 4.99 Å². The van der Waals surface area contributed by atoms with E-state index in [0.717, 1.165) is 5.56 Å². The van der Waals surface area contributed by atoms with Gasteiger partial charge in [-0.1, -0.05) is 47.7 Å². The highest BCUT2D eigenvalue weighted by atomic mass is 32.1. The number of phenolic OH excluding ortho intramolecular Hbond substituents is 1. The summed E-state index contributed by atoms with van der Waals surface area (Å²) in [6, 6.07) is 13.7. The molecule has 0 fully saturated rings. The molecule has 0 saturated heterocycles. The third-order valence-corrected chi connectivity index (χ3v) is 6.20. The zero-order chi connectivity index (χ0) is 23.5. The molecule has 1 aromatic heterocycles. The average molecular weight is 465 g/mol. The molecule has 4 rings (SSSR count). The van der Waals surface area contributed by atoms with Crippen LogP contribution >= 0.6 is 11.3 Å². The number of thiazole rings is 1. The number of esters is 1. The predicted molar refractivity (Wildman–Crippen MR) is 126 cm³/mol. The van der Waals surface area contributed by atoms with Gasteiger partial charge >= 0.3 is 5.97 Å². The van der Waals surface area contributed by atoms with Crippen molar-refractivity contribution >= 4 is 23.4 Å². The largest absolute Gasteiger partial charge is 0.504 e. The van der Waals surface area contributed by atoms with E-state index in [1.165, 1.54) is 17.4 Å². The second kappa shape index (κ2) is 9.46. The highest BCUT2D eigenvalue weighted by Crippen LogP contribution is 2.30.